The Morgan fingerprint density at radius 2 is 1.92 bits per heavy atom. The minimum atomic E-state index is -0.288. The summed E-state index contributed by atoms with van der Waals surface area (Å²) >= 11 is 0. The van der Waals surface area contributed by atoms with Gasteiger partial charge in [0.05, 0.1) is 17.7 Å². The first kappa shape index (κ1) is 17.5. The van der Waals surface area contributed by atoms with Gasteiger partial charge < -0.3 is 15.5 Å². The summed E-state index contributed by atoms with van der Waals surface area (Å²) in [7, 11) is 3.97. The van der Waals surface area contributed by atoms with Crippen LogP contribution in [0, 0.1) is 18.3 Å². The van der Waals surface area contributed by atoms with Crippen LogP contribution in [0.3, 0.4) is 0 Å². The Morgan fingerprint density at radius 3 is 2.54 bits per heavy atom. The normalized spacial score (nSPS) is 11.6. The van der Waals surface area contributed by atoms with Crippen molar-refractivity contribution >= 4 is 11.7 Å². The molecule has 0 aliphatic carbocycles. The van der Waals surface area contributed by atoms with Crippen LogP contribution in [-0.4, -0.2) is 31.6 Å². The lowest BCUT2D eigenvalue weighted by molar-refractivity contribution is 0.243. The predicted molar refractivity (Wildman–Crippen MR) is 95.8 cm³/mol. The molecule has 0 saturated carbocycles. The highest BCUT2D eigenvalue weighted by atomic mass is 16.2. The molecule has 0 heterocycles. The second-order valence-corrected chi connectivity index (χ2v) is 5.92. The average molecular weight is 322 g/mol. The first-order chi connectivity index (χ1) is 11.5. The SMILES string of the molecule is Cc1ccc(C(CNC(=O)Nc2cccc(C#N)c2)N(C)C)cc1. The summed E-state index contributed by atoms with van der Waals surface area (Å²) in [6.07, 6.45) is 0. The van der Waals surface area contributed by atoms with E-state index in [1.165, 1.54) is 5.56 Å². The molecule has 24 heavy (non-hydrogen) atoms. The zero-order valence-corrected chi connectivity index (χ0v) is 14.2. The van der Waals surface area contributed by atoms with E-state index in [9.17, 15) is 4.79 Å². The third kappa shape index (κ3) is 4.83. The third-order valence-corrected chi connectivity index (χ3v) is 3.79. The van der Waals surface area contributed by atoms with Crippen molar-refractivity contribution in [1.29, 1.82) is 5.26 Å². The molecule has 2 N–H and O–H groups in total. The van der Waals surface area contributed by atoms with Crippen LogP contribution in [0.2, 0.25) is 0 Å². The molecule has 0 aliphatic rings. The van der Waals surface area contributed by atoms with Gasteiger partial charge in [0.1, 0.15) is 0 Å². The molecule has 0 saturated heterocycles. The van der Waals surface area contributed by atoms with Crippen molar-refractivity contribution in [3.8, 4) is 6.07 Å². The van der Waals surface area contributed by atoms with E-state index in [2.05, 4.69) is 52.8 Å². The largest absolute Gasteiger partial charge is 0.336 e. The molecule has 5 heteroatoms. The highest BCUT2D eigenvalue weighted by Crippen LogP contribution is 2.18. The summed E-state index contributed by atoms with van der Waals surface area (Å²) in [6.45, 7) is 2.54. The highest BCUT2D eigenvalue weighted by molar-refractivity contribution is 5.89. The van der Waals surface area contributed by atoms with Gasteiger partial charge in [0.15, 0.2) is 0 Å². The van der Waals surface area contributed by atoms with Crippen LogP contribution in [0.1, 0.15) is 22.7 Å². The van der Waals surface area contributed by atoms with Gasteiger partial charge in [-0.25, -0.2) is 4.79 Å². The van der Waals surface area contributed by atoms with E-state index in [-0.39, 0.29) is 12.1 Å². The molecule has 124 valence electrons. The van der Waals surface area contributed by atoms with Crippen molar-refractivity contribution in [2.45, 2.75) is 13.0 Å². The number of likely N-dealkylation sites (N-methyl/N-ethyl adjacent to an activating group) is 1. The molecule has 0 spiro atoms. The summed E-state index contributed by atoms with van der Waals surface area (Å²) in [4.78, 5) is 14.2. The zero-order chi connectivity index (χ0) is 17.5. The molecule has 0 aliphatic heterocycles. The minimum Gasteiger partial charge on any atom is -0.336 e. The van der Waals surface area contributed by atoms with Gasteiger partial charge in [-0.05, 0) is 44.8 Å². The molecule has 0 fully saturated rings. The lowest BCUT2D eigenvalue weighted by Gasteiger charge is -2.25. The second-order valence-electron chi connectivity index (χ2n) is 5.92. The molecule has 1 atom stereocenters. The molecular weight excluding hydrogens is 300 g/mol. The number of benzene rings is 2. The van der Waals surface area contributed by atoms with E-state index in [4.69, 9.17) is 5.26 Å². The fourth-order valence-corrected chi connectivity index (χ4v) is 2.42. The number of urea groups is 1. The van der Waals surface area contributed by atoms with Crippen LogP contribution >= 0.6 is 0 Å². The van der Waals surface area contributed by atoms with E-state index in [1.54, 1.807) is 24.3 Å². The van der Waals surface area contributed by atoms with Gasteiger partial charge in [-0.15, -0.1) is 0 Å². The Hall–Kier alpha value is -2.84. The molecule has 0 bridgehead atoms. The summed E-state index contributed by atoms with van der Waals surface area (Å²) in [5.41, 5.74) is 3.47. The monoisotopic (exact) mass is 322 g/mol. The number of rotatable bonds is 5. The molecule has 2 aromatic rings. The molecular formula is C19H22N4O. The van der Waals surface area contributed by atoms with E-state index >= 15 is 0 Å². The fourth-order valence-electron chi connectivity index (χ4n) is 2.42. The Bertz CT molecular complexity index is 732. The summed E-state index contributed by atoms with van der Waals surface area (Å²) in [6, 6.07) is 17.0. The number of hydrogen-bond acceptors (Lipinski definition) is 3. The zero-order valence-electron chi connectivity index (χ0n) is 14.2. The van der Waals surface area contributed by atoms with Crippen molar-refractivity contribution in [3.05, 3.63) is 65.2 Å². The highest BCUT2D eigenvalue weighted by Gasteiger charge is 2.15. The van der Waals surface area contributed by atoms with Gasteiger partial charge >= 0.3 is 6.03 Å². The standard InChI is InChI=1S/C19H22N4O/c1-14-7-9-16(10-8-14)18(23(2)3)13-21-19(24)22-17-6-4-5-15(11-17)12-20/h4-11,18H,13H2,1-3H3,(H2,21,22,24). The van der Waals surface area contributed by atoms with Crippen LogP contribution in [-0.2, 0) is 0 Å². The number of carbonyl (C=O) groups is 1. The van der Waals surface area contributed by atoms with Gasteiger partial charge in [-0.3, -0.25) is 0 Å². The molecule has 0 aromatic heterocycles. The number of carbonyl (C=O) groups excluding carboxylic acids is 1. The molecule has 2 rings (SSSR count). The van der Waals surface area contributed by atoms with Crippen molar-refractivity contribution < 1.29 is 4.79 Å². The van der Waals surface area contributed by atoms with Gasteiger partial charge in [-0.1, -0.05) is 35.9 Å². The third-order valence-electron chi connectivity index (χ3n) is 3.79. The van der Waals surface area contributed by atoms with E-state index < -0.39 is 0 Å². The van der Waals surface area contributed by atoms with Crippen LogP contribution in [0.15, 0.2) is 48.5 Å². The summed E-state index contributed by atoms with van der Waals surface area (Å²) < 4.78 is 0. The molecule has 5 nitrogen and oxygen atoms in total. The lowest BCUT2D eigenvalue weighted by Crippen LogP contribution is -2.36. The van der Waals surface area contributed by atoms with Crippen LogP contribution in [0.5, 0.6) is 0 Å². The topological polar surface area (TPSA) is 68.2 Å². The van der Waals surface area contributed by atoms with Crippen LogP contribution in [0.4, 0.5) is 10.5 Å². The van der Waals surface area contributed by atoms with E-state index in [0.29, 0.717) is 17.8 Å². The maximum atomic E-state index is 12.1. The maximum Gasteiger partial charge on any atom is 0.319 e. The number of nitrogens with one attached hydrogen (secondary N) is 2. The van der Waals surface area contributed by atoms with Gasteiger partial charge in [0.25, 0.3) is 0 Å². The minimum absolute atomic E-state index is 0.0850. The number of aryl methyl sites for hydroxylation is 1. The maximum absolute atomic E-state index is 12.1. The van der Waals surface area contributed by atoms with Crippen LogP contribution < -0.4 is 10.6 Å². The van der Waals surface area contributed by atoms with E-state index in [1.807, 2.05) is 14.1 Å². The number of anilines is 1. The Labute approximate surface area is 142 Å². The van der Waals surface area contributed by atoms with Gasteiger partial charge in [0, 0.05) is 12.2 Å². The molecule has 0 radical (unpaired) electrons. The summed E-state index contributed by atoms with van der Waals surface area (Å²) in [5.74, 6) is 0. The first-order valence-corrected chi connectivity index (χ1v) is 7.77. The van der Waals surface area contributed by atoms with Crippen LogP contribution in [0.25, 0.3) is 0 Å². The molecule has 2 aromatic carbocycles. The predicted octanol–water partition coefficient (Wildman–Crippen LogP) is 3.29. The number of nitrogens with zero attached hydrogens (tertiary/aromatic N) is 2. The summed E-state index contributed by atoms with van der Waals surface area (Å²) in [5, 5.41) is 14.5. The van der Waals surface area contributed by atoms with Crippen molar-refractivity contribution in [3.63, 3.8) is 0 Å². The second kappa shape index (κ2) is 8.14. The number of amides is 2. The number of hydrogen-bond donors (Lipinski definition) is 2. The van der Waals surface area contributed by atoms with Gasteiger partial charge in [0.2, 0.25) is 0 Å². The quantitative estimate of drug-likeness (QED) is 0.887. The lowest BCUT2D eigenvalue weighted by atomic mass is 10.0. The number of nitriles is 1. The van der Waals surface area contributed by atoms with Gasteiger partial charge in [-0.2, -0.15) is 5.26 Å². The van der Waals surface area contributed by atoms with Crippen molar-refractivity contribution in [1.82, 2.24) is 10.2 Å². The Kier molecular flexibility index (Phi) is 5.94. The van der Waals surface area contributed by atoms with Crippen molar-refractivity contribution in [2.24, 2.45) is 0 Å². The molecule has 1 unspecified atom stereocenters. The fraction of sp³-hybridized carbons (Fsp3) is 0.263. The van der Waals surface area contributed by atoms with Crippen molar-refractivity contribution in [2.75, 3.05) is 26.0 Å². The Morgan fingerprint density at radius 1 is 1.21 bits per heavy atom. The average Bonchev–Trinajstić information content (AvgIpc) is 2.56. The smallest absolute Gasteiger partial charge is 0.319 e. The first-order valence-electron chi connectivity index (χ1n) is 7.77. The Balaban J connectivity index is 1.97. The van der Waals surface area contributed by atoms with E-state index in [0.717, 1.165) is 5.56 Å². The molecule has 2 amide bonds.